The first-order valence-electron chi connectivity index (χ1n) is 5.59. The van der Waals surface area contributed by atoms with E-state index in [0.29, 0.717) is 11.8 Å². The standard InChI is InChI=1S/C12H11BrN4O/c1-7-2-3-8-10(4-7)17-11(5-12(18)14-8)9(6-13)15-16-17/h2-4H,5-6H2,1H3,(H,14,18). The topological polar surface area (TPSA) is 59.8 Å². The molecule has 0 fully saturated rings. The van der Waals surface area contributed by atoms with Crippen molar-refractivity contribution >= 4 is 27.5 Å². The third kappa shape index (κ3) is 1.73. The van der Waals surface area contributed by atoms with E-state index < -0.39 is 0 Å². The third-order valence-corrected chi connectivity index (χ3v) is 3.48. The highest BCUT2D eigenvalue weighted by Crippen LogP contribution is 2.27. The molecule has 0 atom stereocenters. The second kappa shape index (κ2) is 4.20. The summed E-state index contributed by atoms with van der Waals surface area (Å²) in [5.41, 5.74) is 4.41. The van der Waals surface area contributed by atoms with Gasteiger partial charge in [0.1, 0.15) is 0 Å². The monoisotopic (exact) mass is 306 g/mol. The van der Waals surface area contributed by atoms with E-state index in [0.717, 1.165) is 28.3 Å². The molecule has 1 aliphatic heterocycles. The lowest BCUT2D eigenvalue weighted by Crippen LogP contribution is -2.13. The molecule has 0 spiro atoms. The zero-order chi connectivity index (χ0) is 12.7. The number of nitrogens with zero attached hydrogens (tertiary/aromatic N) is 3. The van der Waals surface area contributed by atoms with Gasteiger partial charge in [-0.3, -0.25) is 4.79 Å². The van der Waals surface area contributed by atoms with E-state index >= 15 is 0 Å². The fourth-order valence-corrected chi connectivity index (χ4v) is 2.51. The van der Waals surface area contributed by atoms with Gasteiger partial charge in [0, 0.05) is 5.33 Å². The SMILES string of the molecule is Cc1ccc2c(c1)-n1nnc(CBr)c1CC(=O)N2. The number of carbonyl (C=O) groups excluding carboxylic acids is 1. The van der Waals surface area contributed by atoms with Crippen molar-refractivity contribution in [3.8, 4) is 5.69 Å². The molecule has 3 rings (SSSR count). The predicted molar refractivity (Wildman–Crippen MR) is 71.1 cm³/mol. The Balaban J connectivity index is 2.27. The fourth-order valence-electron chi connectivity index (χ4n) is 2.08. The summed E-state index contributed by atoms with van der Waals surface area (Å²) in [6, 6.07) is 5.86. The Kier molecular flexibility index (Phi) is 2.66. The van der Waals surface area contributed by atoms with Crippen molar-refractivity contribution in [2.24, 2.45) is 0 Å². The molecular weight excluding hydrogens is 296 g/mol. The number of carbonyl (C=O) groups is 1. The number of nitrogens with one attached hydrogen (secondary N) is 1. The van der Waals surface area contributed by atoms with E-state index in [1.165, 1.54) is 0 Å². The number of aromatic nitrogens is 3. The van der Waals surface area contributed by atoms with Crippen LogP contribution in [-0.4, -0.2) is 20.9 Å². The normalized spacial score (nSPS) is 13.6. The molecule has 0 bridgehead atoms. The van der Waals surface area contributed by atoms with Gasteiger partial charge in [0.05, 0.1) is 29.2 Å². The molecule has 0 unspecified atom stereocenters. The maximum Gasteiger partial charge on any atom is 0.230 e. The fraction of sp³-hybridized carbons (Fsp3) is 0.250. The number of hydrogen-bond donors (Lipinski definition) is 1. The number of aryl methyl sites for hydroxylation is 1. The molecule has 0 radical (unpaired) electrons. The quantitative estimate of drug-likeness (QED) is 0.819. The highest BCUT2D eigenvalue weighted by atomic mass is 79.9. The van der Waals surface area contributed by atoms with E-state index in [4.69, 9.17) is 0 Å². The number of anilines is 1. The van der Waals surface area contributed by atoms with Gasteiger partial charge in [0.15, 0.2) is 0 Å². The molecule has 2 heterocycles. The Hall–Kier alpha value is -1.69. The Morgan fingerprint density at radius 2 is 2.33 bits per heavy atom. The first kappa shape index (κ1) is 11.4. The maximum atomic E-state index is 11.9. The van der Waals surface area contributed by atoms with Gasteiger partial charge < -0.3 is 5.32 Å². The van der Waals surface area contributed by atoms with Crippen molar-refractivity contribution in [2.75, 3.05) is 5.32 Å². The van der Waals surface area contributed by atoms with Crippen LogP contribution in [0.5, 0.6) is 0 Å². The van der Waals surface area contributed by atoms with Crippen molar-refractivity contribution in [1.82, 2.24) is 15.0 Å². The molecule has 0 saturated heterocycles. The van der Waals surface area contributed by atoms with Crippen LogP contribution in [0.4, 0.5) is 5.69 Å². The Bertz CT molecular complexity index is 635. The molecule has 1 N–H and O–H groups in total. The van der Waals surface area contributed by atoms with Crippen LogP contribution in [0.15, 0.2) is 18.2 Å². The van der Waals surface area contributed by atoms with Gasteiger partial charge in [0.2, 0.25) is 5.91 Å². The molecule has 2 aromatic rings. The van der Waals surface area contributed by atoms with Gasteiger partial charge in [-0.1, -0.05) is 27.2 Å². The van der Waals surface area contributed by atoms with Crippen molar-refractivity contribution in [3.63, 3.8) is 0 Å². The molecule has 1 amide bonds. The lowest BCUT2D eigenvalue weighted by atomic mass is 10.2. The molecule has 0 aliphatic carbocycles. The average molecular weight is 307 g/mol. The van der Waals surface area contributed by atoms with Crippen LogP contribution in [0.2, 0.25) is 0 Å². The zero-order valence-corrected chi connectivity index (χ0v) is 11.4. The number of halogens is 1. The van der Waals surface area contributed by atoms with Crippen LogP contribution >= 0.6 is 15.9 Å². The minimum atomic E-state index is -0.0386. The minimum Gasteiger partial charge on any atom is -0.324 e. The number of rotatable bonds is 1. The first-order valence-corrected chi connectivity index (χ1v) is 6.71. The highest BCUT2D eigenvalue weighted by molar-refractivity contribution is 9.08. The van der Waals surface area contributed by atoms with Crippen molar-refractivity contribution in [3.05, 3.63) is 35.2 Å². The summed E-state index contributed by atoms with van der Waals surface area (Å²) in [4.78, 5) is 11.9. The Labute approximate surface area is 112 Å². The summed E-state index contributed by atoms with van der Waals surface area (Å²) in [6.45, 7) is 2.01. The van der Waals surface area contributed by atoms with Gasteiger partial charge in [-0.2, -0.15) is 0 Å². The second-order valence-corrected chi connectivity index (χ2v) is 4.83. The van der Waals surface area contributed by atoms with Gasteiger partial charge in [-0.15, -0.1) is 5.10 Å². The number of fused-ring (bicyclic) bond motifs is 3. The zero-order valence-electron chi connectivity index (χ0n) is 9.77. The van der Waals surface area contributed by atoms with Crippen LogP contribution < -0.4 is 5.32 Å². The first-order chi connectivity index (χ1) is 8.69. The minimum absolute atomic E-state index is 0.0386. The number of alkyl halides is 1. The summed E-state index contributed by atoms with van der Waals surface area (Å²) < 4.78 is 1.75. The number of amides is 1. The largest absolute Gasteiger partial charge is 0.324 e. The number of hydrogen-bond acceptors (Lipinski definition) is 3. The summed E-state index contributed by atoms with van der Waals surface area (Å²) in [7, 11) is 0. The smallest absolute Gasteiger partial charge is 0.230 e. The maximum absolute atomic E-state index is 11.9. The van der Waals surface area contributed by atoms with Crippen LogP contribution in [0.25, 0.3) is 5.69 Å². The van der Waals surface area contributed by atoms with E-state index in [-0.39, 0.29) is 5.91 Å². The van der Waals surface area contributed by atoms with E-state index in [1.54, 1.807) is 4.68 Å². The van der Waals surface area contributed by atoms with Gasteiger partial charge in [-0.25, -0.2) is 4.68 Å². The van der Waals surface area contributed by atoms with Crippen LogP contribution in [0.1, 0.15) is 17.0 Å². The van der Waals surface area contributed by atoms with Crippen LogP contribution in [0.3, 0.4) is 0 Å². The molecule has 1 aliphatic rings. The average Bonchev–Trinajstić information content (AvgIpc) is 2.68. The predicted octanol–water partition coefficient (Wildman–Crippen LogP) is 1.97. The Morgan fingerprint density at radius 1 is 1.50 bits per heavy atom. The van der Waals surface area contributed by atoms with E-state index in [2.05, 4.69) is 31.6 Å². The summed E-state index contributed by atoms with van der Waals surface area (Å²) >= 11 is 3.37. The van der Waals surface area contributed by atoms with Crippen molar-refractivity contribution in [2.45, 2.75) is 18.7 Å². The van der Waals surface area contributed by atoms with E-state index in [9.17, 15) is 4.79 Å². The highest BCUT2D eigenvalue weighted by Gasteiger charge is 2.22. The van der Waals surface area contributed by atoms with Gasteiger partial charge in [-0.05, 0) is 24.6 Å². The van der Waals surface area contributed by atoms with Crippen LogP contribution in [0, 0.1) is 6.92 Å². The molecule has 5 nitrogen and oxygen atoms in total. The lowest BCUT2D eigenvalue weighted by Gasteiger charge is -2.08. The molecule has 92 valence electrons. The van der Waals surface area contributed by atoms with Gasteiger partial charge in [0.25, 0.3) is 0 Å². The molecule has 0 saturated carbocycles. The molecular formula is C12H11BrN4O. The molecule has 1 aromatic heterocycles. The van der Waals surface area contributed by atoms with Crippen molar-refractivity contribution < 1.29 is 4.79 Å². The van der Waals surface area contributed by atoms with E-state index in [1.807, 2.05) is 25.1 Å². The summed E-state index contributed by atoms with van der Waals surface area (Å²) in [5, 5.41) is 11.7. The summed E-state index contributed by atoms with van der Waals surface area (Å²) in [6.07, 6.45) is 0.293. The second-order valence-electron chi connectivity index (χ2n) is 4.27. The van der Waals surface area contributed by atoms with Gasteiger partial charge >= 0.3 is 0 Å². The molecule has 18 heavy (non-hydrogen) atoms. The van der Waals surface area contributed by atoms with Crippen LogP contribution in [-0.2, 0) is 16.5 Å². The third-order valence-electron chi connectivity index (χ3n) is 2.95. The lowest BCUT2D eigenvalue weighted by molar-refractivity contribution is -0.115. The number of benzene rings is 1. The Morgan fingerprint density at radius 3 is 3.11 bits per heavy atom. The van der Waals surface area contributed by atoms with Crippen molar-refractivity contribution in [1.29, 1.82) is 0 Å². The molecule has 1 aromatic carbocycles. The molecule has 6 heteroatoms. The summed E-state index contributed by atoms with van der Waals surface area (Å²) in [5.74, 6) is -0.0386.